The zero-order valence-corrected chi connectivity index (χ0v) is 20.8. The minimum absolute atomic E-state index is 0.150. The Morgan fingerprint density at radius 3 is 2.48 bits per heavy atom. The van der Waals surface area contributed by atoms with Gasteiger partial charge >= 0.3 is 6.09 Å². The summed E-state index contributed by atoms with van der Waals surface area (Å²) in [6.45, 7) is 8.24. The van der Waals surface area contributed by atoms with Crippen molar-refractivity contribution in [3.8, 4) is 5.75 Å². The maximum Gasteiger partial charge on any atom is 0.414 e. The molecule has 0 aromatic heterocycles. The van der Waals surface area contributed by atoms with E-state index in [2.05, 4.69) is 11.0 Å². The Morgan fingerprint density at radius 2 is 1.79 bits per heavy atom. The zero-order valence-electron chi connectivity index (χ0n) is 19.3. The number of ether oxygens (including phenoxy) is 2. The molecule has 2 fully saturated rings. The summed E-state index contributed by atoms with van der Waals surface area (Å²) in [5, 5.41) is 1.48. The van der Waals surface area contributed by atoms with Gasteiger partial charge in [-0.05, 0) is 100 Å². The first-order valence-electron chi connectivity index (χ1n) is 11.7. The van der Waals surface area contributed by atoms with Crippen molar-refractivity contribution in [1.82, 2.24) is 4.90 Å². The predicted molar refractivity (Wildman–Crippen MR) is 134 cm³/mol. The maximum atomic E-state index is 12.3. The van der Waals surface area contributed by atoms with Crippen molar-refractivity contribution in [2.24, 2.45) is 11.8 Å². The second-order valence-electron chi connectivity index (χ2n) is 9.40. The van der Waals surface area contributed by atoms with E-state index in [1.807, 2.05) is 38.1 Å². The summed E-state index contributed by atoms with van der Waals surface area (Å²) in [5.74, 6) is 1.79. The summed E-state index contributed by atoms with van der Waals surface area (Å²) in [6, 6.07) is 13.3. The topological polar surface area (TPSA) is 42.0 Å². The minimum atomic E-state index is -0.284. The monoisotopic (exact) mass is 490 g/mol. The van der Waals surface area contributed by atoms with Crippen LogP contribution in [0.15, 0.2) is 42.5 Å². The van der Waals surface area contributed by atoms with E-state index in [1.165, 1.54) is 5.56 Å². The van der Waals surface area contributed by atoms with Gasteiger partial charge in [0.2, 0.25) is 0 Å². The van der Waals surface area contributed by atoms with Gasteiger partial charge in [-0.2, -0.15) is 0 Å². The van der Waals surface area contributed by atoms with Gasteiger partial charge in [0, 0.05) is 34.7 Å². The van der Waals surface area contributed by atoms with Crippen LogP contribution in [0.1, 0.15) is 32.3 Å². The first kappa shape index (κ1) is 24.2. The van der Waals surface area contributed by atoms with Gasteiger partial charge in [-0.15, -0.1) is 0 Å². The van der Waals surface area contributed by atoms with Gasteiger partial charge < -0.3 is 14.4 Å². The highest BCUT2D eigenvalue weighted by Gasteiger charge is 2.30. The largest absolute Gasteiger partial charge is 0.491 e. The smallest absolute Gasteiger partial charge is 0.414 e. The molecule has 2 saturated heterocycles. The standard InChI is InChI=1S/C26H32Cl2N2O3/c1-18(2)33-24-7-8-25(28)21(14-24)13-19-9-11-29(12-10-19)15-20-16-30(26(31)32-17-20)23-5-3-22(27)4-6-23/h3-8,14,18-20H,9-13,15-17H2,1-2H3. The minimum Gasteiger partial charge on any atom is -0.491 e. The van der Waals surface area contributed by atoms with E-state index in [0.717, 1.165) is 55.4 Å². The van der Waals surface area contributed by atoms with E-state index in [9.17, 15) is 4.79 Å². The second kappa shape index (κ2) is 11.0. The molecule has 33 heavy (non-hydrogen) atoms. The van der Waals surface area contributed by atoms with E-state index in [1.54, 1.807) is 17.0 Å². The van der Waals surface area contributed by atoms with Crippen LogP contribution in [0, 0.1) is 11.8 Å². The third-order valence-corrected chi connectivity index (χ3v) is 6.98. The number of carbonyl (C=O) groups is 1. The SMILES string of the molecule is CC(C)Oc1ccc(Cl)c(CC2CCN(CC3COC(=O)N(c4ccc(Cl)cc4)C3)CC2)c1. The molecule has 5 nitrogen and oxygen atoms in total. The molecule has 0 bridgehead atoms. The molecule has 0 radical (unpaired) electrons. The van der Waals surface area contributed by atoms with Gasteiger partial charge in [-0.3, -0.25) is 4.90 Å². The van der Waals surface area contributed by atoms with Crippen molar-refractivity contribution in [1.29, 1.82) is 0 Å². The fraction of sp³-hybridized carbons (Fsp3) is 0.500. The molecule has 2 aliphatic heterocycles. The molecule has 2 aromatic carbocycles. The number of likely N-dealkylation sites (tertiary alicyclic amines) is 1. The van der Waals surface area contributed by atoms with Crippen LogP contribution in [0.5, 0.6) is 5.75 Å². The number of cyclic esters (lactones) is 1. The Kier molecular flexibility index (Phi) is 8.05. The van der Waals surface area contributed by atoms with E-state index >= 15 is 0 Å². The molecule has 0 saturated carbocycles. The number of hydrogen-bond acceptors (Lipinski definition) is 4. The number of halogens is 2. The van der Waals surface area contributed by atoms with Crippen LogP contribution >= 0.6 is 23.2 Å². The first-order chi connectivity index (χ1) is 15.9. The lowest BCUT2D eigenvalue weighted by Crippen LogP contribution is -2.48. The van der Waals surface area contributed by atoms with Gasteiger partial charge in [0.1, 0.15) is 5.75 Å². The molecule has 0 N–H and O–H groups in total. The molecule has 4 rings (SSSR count). The lowest BCUT2D eigenvalue weighted by molar-refractivity contribution is 0.0870. The number of carbonyl (C=O) groups excluding carboxylic acids is 1. The first-order valence-corrected chi connectivity index (χ1v) is 12.5. The van der Waals surface area contributed by atoms with Crippen molar-refractivity contribution >= 4 is 35.0 Å². The number of nitrogens with zero attached hydrogens (tertiary/aromatic N) is 2. The Hall–Kier alpha value is -1.95. The highest BCUT2D eigenvalue weighted by atomic mass is 35.5. The molecule has 2 aromatic rings. The quantitative estimate of drug-likeness (QED) is 0.455. The van der Waals surface area contributed by atoms with E-state index in [0.29, 0.717) is 24.1 Å². The number of rotatable bonds is 7. The number of hydrogen-bond donors (Lipinski definition) is 0. The van der Waals surface area contributed by atoms with Crippen molar-refractivity contribution in [3.05, 3.63) is 58.1 Å². The molecule has 178 valence electrons. The Balaban J connectivity index is 1.28. The van der Waals surface area contributed by atoms with Crippen molar-refractivity contribution in [3.63, 3.8) is 0 Å². The van der Waals surface area contributed by atoms with Gasteiger partial charge in [-0.25, -0.2) is 4.79 Å². The molecule has 2 aliphatic rings. The molecule has 0 aliphatic carbocycles. The van der Waals surface area contributed by atoms with E-state index in [-0.39, 0.29) is 18.1 Å². The van der Waals surface area contributed by atoms with Crippen LogP contribution in [-0.4, -0.2) is 49.9 Å². The summed E-state index contributed by atoms with van der Waals surface area (Å²) in [4.78, 5) is 16.5. The van der Waals surface area contributed by atoms with Crippen molar-refractivity contribution in [2.45, 2.75) is 39.2 Å². The summed E-state index contributed by atoms with van der Waals surface area (Å²) in [5.41, 5.74) is 2.00. The lowest BCUT2D eigenvalue weighted by Gasteiger charge is -2.38. The van der Waals surface area contributed by atoms with Crippen molar-refractivity contribution in [2.75, 3.05) is 37.7 Å². The molecule has 0 spiro atoms. The van der Waals surface area contributed by atoms with Gasteiger partial charge in [0.25, 0.3) is 0 Å². The van der Waals surface area contributed by atoms with Crippen molar-refractivity contribution < 1.29 is 14.3 Å². The Labute approximate surface area is 206 Å². The highest BCUT2D eigenvalue weighted by Crippen LogP contribution is 2.30. The van der Waals surface area contributed by atoms with Gasteiger partial charge in [0.15, 0.2) is 0 Å². The van der Waals surface area contributed by atoms with Crippen LogP contribution < -0.4 is 9.64 Å². The maximum absolute atomic E-state index is 12.3. The number of amides is 1. The lowest BCUT2D eigenvalue weighted by atomic mass is 9.89. The molecular weight excluding hydrogens is 459 g/mol. The van der Waals surface area contributed by atoms with E-state index < -0.39 is 0 Å². The second-order valence-corrected chi connectivity index (χ2v) is 10.2. The zero-order chi connectivity index (χ0) is 23.4. The van der Waals surface area contributed by atoms with Gasteiger partial charge in [-0.1, -0.05) is 23.2 Å². The fourth-order valence-electron chi connectivity index (χ4n) is 4.70. The molecule has 1 atom stereocenters. The number of benzene rings is 2. The molecule has 2 heterocycles. The molecule has 1 unspecified atom stereocenters. The average molecular weight is 491 g/mol. The molecule has 7 heteroatoms. The fourth-order valence-corrected chi connectivity index (χ4v) is 5.02. The molecule has 1 amide bonds. The molecular formula is C26H32Cl2N2O3. The van der Waals surface area contributed by atoms with Crippen LogP contribution in [0.4, 0.5) is 10.5 Å². The Morgan fingerprint density at radius 1 is 1.06 bits per heavy atom. The number of anilines is 1. The summed E-state index contributed by atoms with van der Waals surface area (Å²) in [7, 11) is 0. The van der Waals surface area contributed by atoms with Crippen LogP contribution in [0.3, 0.4) is 0 Å². The van der Waals surface area contributed by atoms with Crippen LogP contribution in [0.25, 0.3) is 0 Å². The van der Waals surface area contributed by atoms with E-state index in [4.69, 9.17) is 32.7 Å². The predicted octanol–water partition coefficient (Wildman–Crippen LogP) is 6.31. The summed E-state index contributed by atoms with van der Waals surface area (Å²) >= 11 is 12.5. The number of piperidine rings is 1. The Bertz CT molecular complexity index is 943. The normalized spacial score (nSPS) is 20.2. The third-order valence-electron chi connectivity index (χ3n) is 6.36. The summed E-state index contributed by atoms with van der Waals surface area (Å²) in [6.07, 6.45) is 3.12. The van der Waals surface area contributed by atoms with Gasteiger partial charge in [0.05, 0.1) is 12.7 Å². The third kappa shape index (κ3) is 6.56. The van der Waals surface area contributed by atoms with Crippen LogP contribution in [0.2, 0.25) is 10.0 Å². The highest BCUT2D eigenvalue weighted by molar-refractivity contribution is 6.31. The average Bonchev–Trinajstić information content (AvgIpc) is 2.79. The summed E-state index contributed by atoms with van der Waals surface area (Å²) < 4.78 is 11.3. The van der Waals surface area contributed by atoms with Crippen LogP contribution in [-0.2, 0) is 11.2 Å².